The predicted octanol–water partition coefficient (Wildman–Crippen LogP) is 3.86. The van der Waals surface area contributed by atoms with E-state index in [0.717, 1.165) is 0 Å². The molecule has 210 valence electrons. The molecule has 3 aromatic rings. The van der Waals surface area contributed by atoms with Gasteiger partial charge in [0.1, 0.15) is 35.1 Å². The lowest BCUT2D eigenvalue weighted by Gasteiger charge is -2.22. The number of carbonyl (C=O) groups is 3. The molecule has 0 radical (unpaired) electrons. The van der Waals surface area contributed by atoms with Gasteiger partial charge in [0, 0.05) is 29.8 Å². The summed E-state index contributed by atoms with van der Waals surface area (Å²) in [5, 5.41) is 5.61. The molecule has 1 heterocycles. The summed E-state index contributed by atoms with van der Waals surface area (Å²) in [7, 11) is 2.96. The molecule has 1 aliphatic heterocycles. The number of hydrogen-bond donors (Lipinski definition) is 3. The maximum atomic E-state index is 13.6. The third-order valence-electron chi connectivity index (χ3n) is 6.34. The van der Waals surface area contributed by atoms with E-state index in [1.807, 2.05) is 20.8 Å². The van der Waals surface area contributed by atoms with Crippen molar-refractivity contribution >= 4 is 17.7 Å². The summed E-state index contributed by atoms with van der Waals surface area (Å²) >= 11 is 0. The molecule has 0 saturated carbocycles. The quantitative estimate of drug-likeness (QED) is 0.392. The van der Waals surface area contributed by atoms with Crippen LogP contribution >= 0.6 is 0 Å². The molecule has 2 unspecified atom stereocenters. The maximum Gasteiger partial charge on any atom is 0.255 e. The van der Waals surface area contributed by atoms with Crippen LogP contribution in [0.5, 0.6) is 17.2 Å². The minimum Gasteiger partial charge on any atom is -0.496 e. The normalized spacial score (nSPS) is 15.9. The van der Waals surface area contributed by atoms with Crippen LogP contribution in [0.1, 0.15) is 54.3 Å². The summed E-state index contributed by atoms with van der Waals surface area (Å²) in [5.41, 5.74) is 7.39. The van der Waals surface area contributed by atoms with Crippen LogP contribution in [0.3, 0.4) is 0 Å². The molecule has 1 aliphatic rings. The molecular formula is C30H32FN3O6. The first-order valence-corrected chi connectivity index (χ1v) is 12.7. The van der Waals surface area contributed by atoms with Gasteiger partial charge in [0.15, 0.2) is 6.61 Å². The molecule has 0 fully saturated rings. The van der Waals surface area contributed by atoms with Gasteiger partial charge >= 0.3 is 0 Å². The SMILES string of the molecule is CNC(=O)C1c2cc(-c3cc(C(=O)NC(C)(C)C)c(OC)cc3OCC(N)=O)ccc2OC1c1ccc(F)cc1. The molecule has 4 rings (SSSR count). The van der Waals surface area contributed by atoms with Crippen LogP contribution in [-0.2, 0) is 9.59 Å². The van der Waals surface area contributed by atoms with Gasteiger partial charge in [-0.2, -0.15) is 0 Å². The molecular weight excluding hydrogens is 517 g/mol. The molecule has 10 heteroatoms. The van der Waals surface area contributed by atoms with Gasteiger partial charge in [0.2, 0.25) is 5.91 Å². The second-order valence-electron chi connectivity index (χ2n) is 10.4. The lowest BCUT2D eigenvalue weighted by Crippen LogP contribution is -2.40. The molecule has 0 spiro atoms. The van der Waals surface area contributed by atoms with E-state index >= 15 is 0 Å². The van der Waals surface area contributed by atoms with Crippen molar-refractivity contribution in [3.05, 3.63) is 77.1 Å². The molecule has 2 atom stereocenters. The Morgan fingerprint density at radius 3 is 2.33 bits per heavy atom. The van der Waals surface area contributed by atoms with E-state index in [2.05, 4.69) is 10.6 Å². The number of nitrogens with two attached hydrogens (primary N) is 1. The minimum absolute atomic E-state index is 0.245. The van der Waals surface area contributed by atoms with E-state index in [0.29, 0.717) is 28.0 Å². The van der Waals surface area contributed by atoms with Crippen LogP contribution in [-0.4, -0.2) is 44.0 Å². The van der Waals surface area contributed by atoms with Crippen LogP contribution in [0, 0.1) is 5.82 Å². The topological polar surface area (TPSA) is 129 Å². The number of fused-ring (bicyclic) bond motifs is 1. The average molecular weight is 550 g/mol. The van der Waals surface area contributed by atoms with Gasteiger partial charge in [-0.05, 0) is 62.2 Å². The van der Waals surface area contributed by atoms with E-state index < -0.39 is 35.9 Å². The standard InChI is InChI=1S/C30H32FN3O6/c1-30(2,3)34-28(36)21-13-19(24(14-23(21)38-5)39-15-25(32)35)17-8-11-22-20(12-17)26(29(37)33-4)27(40-22)16-6-9-18(31)10-7-16/h6-14,26-27H,15H2,1-5H3,(H2,32,35)(H,33,37)(H,34,36). The fourth-order valence-electron chi connectivity index (χ4n) is 4.59. The number of nitrogens with one attached hydrogen (secondary N) is 2. The molecule has 3 amide bonds. The zero-order valence-corrected chi connectivity index (χ0v) is 23.0. The van der Waals surface area contributed by atoms with Crippen molar-refractivity contribution in [1.29, 1.82) is 0 Å². The van der Waals surface area contributed by atoms with Crippen LogP contribution in [0.25, 0.3) is 11.1 Å². The van der Waals surface area contributed by atoms with Gasteiger partial charge in [-0.1, -0.05) is 18.2 Å². The zero-order chi connectivity index (χ0) is 29.2. The van der Waals surface area contributed by atoms with Crippen LogP contribution in [0.4, 0.5) is 4.39 Å². The first-order valence-electron chi connectivity index (χ1n) is 12.7. The van der Waals surface area contributed by atoms with Gasteiger partial charge in [-0.25, -0.2) is 4.39 Å². The molecule has 0 saturated heterocycles. The highest BCUT2D eigenvalue weighted by atomic mass is 19.1. The van der Waals surface area contributed by atoms with Gasteiger partial charge < -0.3 is 30.6 Å². The van der Waals surface area contributed by atoms with Crippen molar-refractivity contribution in [1.82, 2.24) is 10.6 Å². The summed E-state index contributed by atoms with van der Waals surface area (Å²) in [6.07, 6.45) is -0.680. The highest BCUT2D eigenvalue weighted by Gasteiger charge is 2.40. The second kappa shape index (κ2) is 11.3. The van der Waals surface area contributed by atoms with Crippen molar-refractivity contribution in [3.63, 3.8) is 0 Å². The lowest BCUT2D eigenvalue weighted by atomic mass is 9.88. The Kier molecular flexibility index (Phi) is 7.99. The van der Waals surface area contributed by atoms with Crippen molar-refractivity contribution < 1.29 is 33.0 Å². The number of halogens is 1. The number of rotatable bonds is 8. The fraction of sp³-hybridized carbons (Fsp3) is 0.300. The van der Waals surface area contributed by atoms with E-state index in [4.69, 9.17) is 19.9 Å². The van der Waals surface area contributed by atoms with Crippen molar-refractivity contribution in [2.45, 2.75) is 38.3 Å². The first kappa shape index (κ1) is 28.4. The number of hydrogen-bond acceptors (Lipinski definition) is 6. The van der Waals surface area contributed by atoms with Crippen LogP contribution in [0.15, 0.2) is 54.6 Å². The van der Waals surface area contributed by atoms with Gasteiger partial charge in [-0.15, -0.1) is 0 Å². The molecule has 0 aliphatic carbocycles. The smallest absolute Gasteiger partial charge is 0.255 e. The highest BCUT2D eigenvalue weighted by molar-refractivity contribution is 5.99. The van der Waals surface area contributed by atoms with Crippen LogP contribution < -0.4 is 30.6 Å². The summed E-state index contributed by atoms with van der Waals surface area (Å²) in [5.74, 6) is -1.46. The Bertz CT molecular complexity index is 1450. The number of carbonyl (C=O) groups excluding carboxylic acids is 3. The molecule has 9 nitrogen and oxygen atoms in total. The molecule has 3 aromatic carbocycles. The molecule has 0 aromatic heterocycles. The molecule has 0 bridgehead atoms. The lowest BCUT2D eigenvalue weighted by molar-refractivity contribution is -0.123. The highest BCUT2D eigenvalue weighted by Crippen LogP contribution is 2.48. The van der Waals surface area contributed by atoms with E-state index in [1.54, 1.807) is 36.4 Å². The van der Waals surface area contributed by atoms with Crippen molar-refractivity contribution in [3.8, 4) is 28.4 Å². The Morgan fingerprint density at radius 1 is 1.02 bits per heavy atom. The van der Waals surface area contributed by atoms with Crippen LogP contribution in [0.2, 0.25) is 0 Å². The second-order valence-corrected chi connectivity index (χ2v) is 10.4. The summed E-state index contributed by atoms with van der Waals surface area (Å²) in [4.78, 5) is 37.8. The summed E-state index contributed by atoms with van der Waals surface area (Å²) in [6, 6.07) is 14.2. The number of likely N-dealkylation sites (N-methyl/N-ethyl adjacent to an activating group) is 1. The summed E-state index contributed by atoms with van der Waals surface area (Å²) in [6.45, 7) is 5.18. The Labute approximate surface area is 231 Å². The molecule has 4 N–H and O–H groups in total. The molecule has 40 heavy (non-hydrogen) atoms. The number of methoxy groups -OCH3 is 1. The largest absolute Gasteiger partial charge is 0.496 e. The Hall–Kier alpha value is -4.60. The summed E-state index contributed by atoms with van der Waals surface area (Å²) < 4.78 is 30.9. The zero-order valence-electron chi connectivity index (χ0n) is 23.0. The van der Waals surface area contributed by atoms with E-state index in [1.165, 1.54) is 32.4 Å². The van der Waals surface area contributed by atoms with Gasteiger partial charge in [0.25, 0.3) is 11.8 Å². The number of amides is 3. The van der Waals surface area contributed by atoms with E-state index in [9.17, 15) is 18.8 Å². The number of ether oxygens (including phenoxy) is 3. The van der Waals surface area contributed by atoms with Gasteiger partial charge in [0.05, 0.1) is 12.7 Å². The van der Waals surface area contributed by atoms with E-state index in [-0.39, 0.29) is 28.9 Å². The fourth-order valence-corrected chi connectivity index (χ4v) is 4.59. The Morgan fingerprint density at radius 2 is 1.73 bits per heavy atom. The first-order chi connectivity index (χ1) is 18.9. The minimum atomic E-state index is -0.734. The third kappa shape index (κ3) is 6.01. The monoisotopic (exact) mass is 549 g/mol. The van der Waals surface area contributed by atoms with Crippen molar-refractivity contribution in [2.24, 2.45) is 5.73 Å². The Balaban J connectivity index is 1.84. The van der Waals surface area contributed by atoms with Crippen molar-refractivity contribution in [2.75, 3.05) is 20.8 Å². The predicted molar refractivity (Wildman–Crippen MR) is 147 cm³/mol. The number of benzene rings is 3. The number of primary amides is 1. The van der Waals surface area contributed by atoms with Gasteiger partial charge in [-0.3, -0.25) is 14.4 Å². The third-order valence-corrected chi connectivity index (χ3v) is 6.34. The maximum absolute atomic E-state index is 13.6. The average Bonchev–Trinajstić information content (AvgIpc) is 3.29.